The molecule has 2 aliphatic heterocycles. The molecule has 0 aromatic heterocycles. The summed E-state index contributed by atoms with van der Waals surface area (Å²) in [4.78, 5) is 32.9. The molecule has 0 radical (unpaired) electrons. The van der Waals surface area contributed by atoms with Crippen molar-refractivity contribution in [1.29, 1.82) is 0 Å². The first-order valence-electron chi connectivity index (χ1n) is 13.3. The summed E-state index contributed by atoms with van der Waals surface area (Å²) in [6, 6.07) is 9.72. The highest BCUT2D eigenvalue weighted by atomic mass is 79.9. The molecule has 1 amide bonds. The third-order valence-electron chi connectivity index (χ3n) is 8.04. The summed E-state index contributed by atoms with van der Waals surface area (Å²) in [7, 11) is -5.94. The number of amides is 1. The minimum absolute atomic E-state index is 0.0983. The average Bonchev–Trinajstić information content (AvgIpc) is 3.00. The summed E-state index contributed by atoms with van der Waals surface area (Å²) < 4.78 is 21.8. The number of benzene rings is 1. The molecule has 2 fully saturated rings. The second-order valence-corrected chi connectivity index (χ2v) is 21.4. The molecular weight excluding hydrogens is 570 g/mol. The molecule has 1 aromatic rings. The van der Waals surface area contributed by atoms with E-state index in [2.05, 4.69) is 71.3 Å². The molecule has 2 heterocycles. The Hall–Kier alpha value is -1.15. The second-order valence-electron chi connectivity index (χ2n) is 11.7. The molecule has 3 aliphatic rings. The van der Waals surface area contributed by atoms with Crippen molar-refractivity contribution in [3.8, 4) is 0 Å². The zero-order valence-electron chi connectivity index (χ0n) is 23.1. The lowest BCUT2D eigenvalue weighted by atomic mass is 9.74. The fourth-order valence-corrected chi connectivity index (χ4v) is 17.9. The molecule has 1 spiro atoms. The number of hydrogen-bond donors (Lipinski definition) is 0. The van der Waals surface area contributed by atoms with Crippen molar-refractivity contribution in [3.63, 3.8) is 0 Å². The van der Waals surface area contributed by atoms with E-state index in [1.807, 2.05) is 30.3 Å². The largest absolute Gasteiger partial charge is 0.414 e. The molecule has 7 nitrogen and oxygen atoms in total. The minimum Gasteiger partial charge on any atom is -0.414 e. The number of Topliss-reactive ketones (excluding diaryl/α,β-unsaturated/α-hetero) is 1. The van der Waals surface area contributed by atoms with E-state index in [9.17, 15) is 9.59 Å². The van der Waals surface area contributed by atoms with Gasteiger partial charge in [0.1, 0.15) is 24.4 Å². The van der Waals surface area contributed by atoms with Crippen LogP contribution in [0.2, 0.25) is 22.2 Å². The van der Waals surface area contributed by atoms with Gasteiger partial charge in [0.15, 0.2) is 5.78 Å². The second kappa shape index (κ2) is 10.4. The Labute approximate surface area is 231 Å². The Balaban J connectivity index is 1.84. The summed E-state index contributed by atoms with van der Waals surface area (Å²) in [6.45, 7) is 17.3. The maximum Gasteiger partial charge on any atom is 0.335 e. The number of β-lactam (4-membered cyclic amide) rings is 1. The van der Waals surface area contributed by atoms with Crippen LogP contribution in [0.3, 0.4) is 0 Å². The topological polar surface area (TPSA) is 74.3 Å². The van der Waals surface area contributed by atoms with E-state index in [-0.39, 0.29) is 46.9 Å². The predicted molar refractivity (Wildman–Crippen MR) is 150 cm³/mol. The lowest BCUT2D eigenvalue weighted by Crippen LogP contribution is -2.74. The molecular formula is C27H40BrNO6Si2. The predicted octanol–water partition coefficient (Wildman–Crippen LogP) is 6.28. The number of ketones is 1. The highest BCUT2D eigenvalue weighted by Crippen LogP contribution is 2.54. The lowest BCUT2D eigenvalue weighted by Gasteiger charge is -2.56. The van der Waals surface area contributed by atoms with Crippen LogP contribution in [-0.4, -0.2) is 51.6 Å². The van der Waals surface area contributed by atoms with E-state index in [0.29, 0.717) is 4.48 Å². The molecule has 10 heteroatoms. The Morgan fingerprint density at radius 1 is 0.946 bits per heavy atom. The van der Waals surface area contributed by atoms with Crippen molar-refractivity contribution in [2.75, 3.05) is 0 Å². The van der Waals surface area contributed by atoms with Gasteiger partial charge in [-0.3, -0.25) is 14.4 Å². The van der Waals surface area contributed by atoms with Crippen molar-refractivity contribution in [3.05, 3.63) is 46.5 Å². The maximum absolute atomic E-state index is 13.7. The highest BCUT2D eigenvalue weighted by Gasteiger charge is 2.70. The minimum atomic E-state index is -2.97. The van der Waals surface area contributed by atoms with Crippen molar-refractivity contribution in [2.24, 2.45) is 0 Å². The van der Waals surface area contributed by atoms with Crippen LogP contribution < -0.4 is 0 Å². The maximum atomic E-state index is 13.7. The number of carbonyl (C=O) groups is 2. The molecule has 204 valence electrons. The quantitative estimate of drug-likeness (QED) is 0.268. The van der Waals surface area contributed by atoms with Gasteiger partial charge in [-0.05, 0) is 49.7 Å². The van der Waals surface area contributed by atoms with Crippen molar-refractivity contribution >= 4 is 44.7 Å². The number of rotatable bonds is 7. The van der Waals surface area contributed by atoms with Crippen LogP contribution in [0.25, 0.3) is 0 Å². The van der Waals surface area contributed by atoms with Crippen molar-refractivity contribution < 1.29 is 27.4 Å². The molecule has 0 bridgehead atoms. The molecule has 3 unspecified atom stereocenters. The van der Waals surface area contributed by atoms with Gasteiger partial charge in [0.25, 0.3) is 0 Å². The lowest BCUT2D eigenvalue weighted by molar-refractivity contribution is -0.272. The van der Waals surface area contributed by atoms with Crippen molar-refractivity contribution in [2.45, 2.75) is 108 Å². The van der Waals surface area contributed by atoms with E-state index >= 15 is 0 Å². The van der Waals surface area contributed by atoms with Gasteiger partial charge < -0.3 is 13.0 Å². The number of halogens is 1. The smallest absolute Gasteiger partial charge is 0.335 e. The van der Waals surface area contributed by atoms with Gasteiger partial charge in [0.2, 0.25) is 5.91 Å². The average molecular weight is 611 g/mol. The van der Waals surface area contributed by atoms with E-state index in [0.717, 1.165) is 5.56 Å². The SMILES string of the molecule is CC(C)[Si]1(C(C)C)OC2C(=O)C(Br)=CC3(CC(=O)N3OCc3ccccc3)C2O[Si](C(C)C)(C(C)C)O1. The van der Waals surface area contributed by atoms with Crippen molar-refractivity contribution in [1.82, 2.24) is 5.06 Å². The summed E-state index contributed by atoms with van der Waals surface area (Å²) >= 11 is 3.50. The van der Waals surface area contributed by atoms with Gasteiger partial charge in [-0.15, -0.1) is 0 Å². The molecule has 0 N–H and O–H groups in total. The van der Waals surface area contributed by atoms with Crippen LogP contribution in [0, 0.1) is 0 Å². The monoisotopic (exact) mass is 609 g/mol. The van der Waals surface area contributed by atoms with Gasteiger partial charge in [-0.2, -0.15) is 0 Å². The van der Waals surface area contributed by atoms with Gasteiger partial charge in [0, 0.05) is 0 Å². The molecule has 1 aliphatic carbocycles. The van der Waals surface area contributed by atoms with E-state index in [1.165, 1.54) is 5.06 Å². The fraction of sp³-hybridized carbons (Fsp3) is 0.630. The highest BCUT2D eigenvalue weighted by molar-refractivity contribution is 9.12. The summed E-state index contributed by atoms with van der Waals surface area (Å²) in [5, 5.41) is 1.41. The number of nitrogens with zero attached hydrogens (tertiary/aromatic N) is 1. The summed E-state index contributed by atoms with van der Waals surface area (Å²) in [5.74, 6) is -0.316. The van der Waals surface area contributed by atoms with Gasteiger partial charge in [-0.1, -0.05) is 85.7 Å². The molecule has 1 aromatic carbocycles. The van der Waals surface area contributed by atoms with Crippen LogP contribution in [-0.2, 0) is 34.0 Å². The van der Waals surface area contributed by atoms with E-state index in [1.54, 1.807) is 6.08 Å². The van der Waals surface area contributed by atoms with E-state index < -0.39 is 34.9 Å². The van der Waals surface area contributed by atoms with Crippen LogP contribution in [0.4, 0.5) is 0 Å². The van der Waals surface area contributed by atoms with Crippen LogP contribution >= 0.6 is 15.9 Å². The van der Waals surface area contributed by atoms with Crippen LogP contribution in [0.5, 0.6) is 0 Å². The van der Waals surface area contributed by atoms with Gasteiger partial charge in [0.05, 0.1) is 10.9 Å². The van der Waals surface area contributed by atoms with E-state index in [4.69, 9.17) is 17.8 Å². The third kappa shape index (κ3) is 4.66. The number of hydroxylamine groups is 2. The molecule has 37 heavy (non-hydrogen) atoms. The summed E-state index contributed by atoms with van der Waals surface area (Å²) in [6.07, 6.45) is 0.357. The number of hydrogen-bond acceptors (Lipinski definition) is 6. The standard InChI is InChI=1S/C27H40BrNO6Si2/c1-17(2)36(18(3)4)33-25-24(31)22(28)14-27(26(25)34-37(35-36,19(5)6)20(7)8)15-23(30)29(27)32-16-21-12-10-9-11-13-21/h9-14,17-20,25-26H,15-16H2,1-8H3. The number of fused-ring (bicyclic) bond motifs is 2. The number of carbonyl (C=O) groups excluding carboxylic acids is 2. The van der Waals surface area contributed by atoms with Crippen LogP contribution in [0.1, 0.15) is 67.4 Å². The Morgan fingerprint density at radius 2 is 1.49 bits per heavy atom. The first-order valence-corrected chi connectivity index (χ1v) is 18.0. The normalized spacial score (nSPS) is 29.1. The van der Waals surface area contributed by atoms with Gasteiger partial charge >= 0.3 is 17.1 Å². The molecule has 2 saturated heterocycles. The Morgan fingerprint density at radius 3 is 2.00 bits per heavy atom. The third-order valence-corrected chi connectivity index (χ3v) is 18.9. The fourth-order valence-electron chi connectivity index (χ4n) is 5.99. The Bertz CT molecular complexity index is 1050. The zero-order valence-corrected chi connectivity index (χ0v) is 26.7. The Kier molecular flexibility index (Phi) is 8.14. The first-order chi connectivity index (χ1) is 17.3. The molecule has 3 atom stereocenters. The van der Waals surface area contributed by atoms with Crippen LogP contribution in [0.15, 0.2) is 40.9 Å². The summed E-state index contributed by atoms with van der Waals surface area (Å²) in [5.41, 5.74) is 0.393. The molecule has 0 saturated carbocycles. The molecule has 4 rings (SSSR count). The zero-order chi connectivity index (χ0) is 27.3. The van der Waals surface area contributed by atoms with Gasteiger partial charge in [-0.25, -0.2) is 5.06 Å². The first kappa shape index (κ1) is 28.9.